The van der Waals surface area contributed by atoms with Crippen LogP contribution < -0.4 is 5.73 Å². The number of fused-ring (bicyclic) bond motifs is 1. The third-order valence-corrected chi connectivity index (χ3v) is 3.36. The number of nitrogens with zero attached hydrogens (tertiary/aromatic N) is 2. The molecule has 2 N–H and O–H groups in total. The Labute approximate surface area is 108 Å². The molecule has 3 nitrogen and oxygen atoms in total. The van der Waals surface area contributed by atoms with Crippen molar-refractivity contribution in [3.63, 3.8) is 0 Å². The number of hydrogen-bond donors (Lipinski definition) is 1. The zero-order valence-corrected chi connectivity index (χ0v) is 11.5. The van der Waals surface area contributed by atoms with E-state index in [2.05, 4.69) is 34.8 Å². The highest BCUT2D eigenvalue weighted by atomic mass is 79.9. The van der Waals surface area contributed by atoms with Gasteiger partial charge in [0.05, 0.1) is 15.5 Å². The first-order valence-corrected chi connectivity index (χ1v) is 6.39. The Hall–Kier alpha value is -1.10. The Morgan fingerprint density at radius 1 is 1.47 bits per heavy atom. The summed E-state index contributed by atoms with van der Waals surface area (Å²) >= 11 is 3.15. The second-order valence-corrected chi connectivity index (χ2v) is 5.41. The molecule has 1 aromatic heterocycles. The third kappa shape index (κ3) is 2.44. The summed E-state index contributed by atoms with van der Waals surface area (Å²) in [6, 6.07) is 3.13. The molecule has 0 saturated heterocycles. The van der Waals surface area contributed by atoms with Gasteiger partial charge in [0.25, 0.3) is 0 Å². The first-order chi connectivity index (χ1) is 7.99. The number of halogens is 2. The van der Waals surface area contributed by atoms with Crippen LogP contribution in [0.2, 0.25) is 0 Å². The molecule has 0 atom stereocenters. The molecule has 0 aliphatic rings. The van der Waals surface area contributed by atoms with E-state index in [9.17, 15) is 4.39 Å². The Balaban J connectivity index is 2.47. The van der Waals surface area contributed by atoms with Crippen LogP contribution >= 0.6 is 15.9 Å². The molecule has 0 amide bonds. The highest BCUT2D eigenvalue weighted by molar-refractivity contribution is 9.10. The quantitative estimate of drug-likeness (QED) is 0.941. The molecule has 0 bridgehead atoms. The second-order valence-electron chi connectivity index (χ2n) is 4.56. The number of rotatable bonds is 3. The van der Waals surface area contributed by atoms with Crippen molar-refractivity contribution >= 4 is 32.9 Å². The zero-order chi connectivity index (χ0) is 12.6. The van der Waals surface area contributed by atoms with E-state index in [4.69, 9.17) is 5.73 Å². The predicted molar refractivity (Wildman–Crippen MR) is 71.3 cm³/mol. The van der Waals surface area contributed by atoms with Crippen molar-refractivity contribution in [2.45, 2.75) is 26.8 Å². The largest absolute Gasteiger partial charge is 0.369 e. The molecule has 0 fully saturated rings. The predicted octanol–water partition coefficient (Wildman–Crippen LogP) is 3.57. The highest BCUT2D eigenvalue weighted by Crippen LogP contribution is 2.25. The lowest BCUT2D eigenvalue weighted by molar-refractivity contribution is 0.525. The highest BCUT2D eigenvalue weighted by Gasteiger charge is 2.11. The van der Waals surface area contributed by atoms with Gasteiger partial charge < -0.3 is 10.3 Å². The summed E-state index contributed by atoms with van der Waals surface area (Å²) in [4.78, 5) is 4.24. The summed E-state index contributed by atoms with van der Waals surface area (Å²) in [5.41, 5.74) is 7.33. The van der Waals surface area contributed by atoms with Crippen molar-refractivity contribution < 1.29 is 4.39 Å². The minimum Gasteiger partial charge on any atom is -0.369 e. The second kappa shape index (κ2) is 4.64. The molecule has 2 rings (SSSR count). The minimum atomic E-state index is -0.289. The van der Waals surface area contributed by atoms with E-state index in [-0.39, 0.29) is 5.82 Å². The van der Waals surface area contributed by atoms with Crippen molar-refractivity contribution in [3.8, 4) is 0 Å². The van der Waals surface area contributed by atoms with Gasteiger partial charge in [0, 0.05) is 12.6 Å². The van der Waals surface area contributed by atoms with E-state index in [1.807, 2.05) is 4.57 Å². The van der Waals surface area contributed by atoms with Crippen LogP contribution in [0.15, 0.2) is 16.6 Å². The normalized spacial score (nSPS) is 11.6. The van der Waals surface area contributed by atoms with Gasteiger partial charge in [-0.25, -0.2) is 9.37 Å². The number of imidazole rings is 1. The molecule has 0 unspecified atom stereocenters. The maximum atomic E-state index is 13.5. The lowest BCUT2D eigenvalue weighted by Gasteiger charge is -2.08. The average molecular weight is 300 g/mol. The first-order valence-electron chi connectivity index (χ1n) is 5.59. The molecule has 1 heterocycles. The van der Waals surface area contributed by atoms with Crippen molar-refractivity contribution in [2.24, 2.45) is 5.92 Å². The van der Waals surface area contributed by atoms with Crippen LogP contribution in [-0.4, -0.2) is 9.55 Å². The summed E-state index contributed by atoms with van der Waals surface area (Å²) in [6.07, 6.45) is 0.993. The smallest absolute Gasteiger partial charge is 0.201 e. The Bertz CT molecular complexity index is 548. The monoisotopic (exact) mass is 299 g/mol. The van der Waals surface area contributed by atoms with Gasteiger partial charge in [-0.05, 0) is 34.3 Å². The van der Waals surface area contributed by atoms with Crippen LogP contribution in [0, 0.1) is 11.7 Å². The van der Waals surface area contributed by atoms with E-state index in [1.165, 1.54) is 6.07 Å². The molecule has 5 heteroatoms. The van der Waals surface area contributed by atoms with E-state index >= 15 is 0 Å². The molecule has 17 heavy (non-hydrogen) atoms. The van der Waals surface area contributed by atoms with Crippen molar-refractivity contribution in [1.29, 1.82) is 0 Å². The van der Waals surface area contributed by atoms with Crippen LogP contribution in [0.3, 0.4) is 0 Å². The lowest BCUT2D eigenvalue weighted by atomic mass is 10.1. The van der Waals surface area contributed by atoms with Gasteiger partial charge in [0.2, 0.25) is 5.95 Å². The fourth-order valence-corrected chi connectivity index (χ4v) is 2.09. The summed E-state index contributed by atoms with van der Waals surface area (Å²) in [6.45, 7) is 5.06. The van der Waals surface area contributed by atoms with Crippen LogP contribution in [-0.2, 0) is 6.54 Å². The van der Waals surface area contributed by atoms with E-state index in [1.54, 1.807) is 6.07 Å². The van der Waals surface area contributed by atoms with Crippen LogP contribution in [0.1, 0.15) is 20.3 Å². The third-order valence-electron chi connectivity index (χ3n) is 2.75. The number of aryl methyl sites for hydroxylation is 1. The van der Waals surface area contributed by atoms with Gasteiger partial charge in [-0.3, -0.25) is 0 Å². The fourth-order valence-electron chi connectivity index (χ4n) is 1.76. The van der Waals surface area contributed by atoms with Crippen LogP contribution in [0.4, 0.5) is 10.3 Å². The van der Waals surface area contributed by atoms with Crippen molar-refractivity contribution in [3.05, 3.63) is 22.4 Å². The zero-order valence-electron chi connectivity index (χ0n) is 9.87. The number of aromatic nitrogens is 2. The Morgan fingerprint density at radius 3 is 2.82 bits per heavy atom. The van der Waals surface area contributed by atoms with Gasteiger partial charge >= 0.3 is 0 Å². The minimum absolute atomic E-state index is 0.289. The standard InChI is InChI=1S/C12H15BrFN3/c1-7(2)3-4-17-11-6-9(14)8(13)5-10(11)16-12(17)15/h5-7H,3-4H2,1-2H3,(H2,15,16). The molecule has 0 spiro atoms. The molecule has 0 aliphatic carbocycles. The number of benzene rings is 1. The van der Waals surface area contributed by atoms with Gasteiger partial charge in [-0.1, -0.05) is 13.8 Å². The average Bonchev–Trinajstić information content (AvgIpc) is 2.52. The number of hydrogen-bond acceptors (Lipinski definition) is 2. The van der Waals surface area contributed by atoms with Gasteiger partial charge in [0.15, 0.2) is 0 Å². The van der Waals surface area contributed by atoms with E-state index in [0.717, 1.165) is 24.0 Å². The van der Waals surface area contributed by atoms with E-state index in [0.29, 0.717) is 16.3 Å². The van der Waals surface area contributed by atoms with Crippen molar-refractivity contribution in [1.82, 2.24) is 9.55 Å². The molecule has 1 aromatic carbocycles. The number of nitrogen functional groups attached to an aromatic ring is 1. The summed E-state index contributed by atoms with van der Waals surface area (Å²) in [7, 11) is 0. The maximum Gasteiger partial charge on any atom is 0.201 e. The number of nitrogens with two attached hydrogens (primary N) is 1. The summed E-state index contributed by atoms with van der Waals surface area (Å²) in [5, 5.41) is 0. The van der Waals surface area contributed by atoms with Gasteiger partial charge in [-0.15, -0.1) is 0 Å². The van der Waals surface area contributed by atoms with Gasteiger partial charge in [0.1, 0.15) is 5.82 Å². The Kier molecular flexibility index (Phi) is 3.38. The Morgan fingerprint density at radius 2 is 2.18 bits per heavy atom. The summed E-state index contributed by atoms with van der Waals surface area (Å²) < 4.78 is 15.8. The van der Waals surface area contributed by atoms with Crippen LogP contribution in [0.25, 0.3) is 11.0 Å². The molecule has 0 saturated carbocycles. The summed E-state index contributed by atoms with van der Waals surface area (Å²) in [5.74, 6) is 0.730. The number of anilines is 1. The first kappa shape index (κ1) is 12.4. The molecular formula is C12H15BrFN3. The van der Waals surface area contributed by atoms with E-state index < -0.39 is 0 Å². The molecular weight excluding hydrogens is 285 g/mol. The lowest BCUT2D eigenvalue weighted by Crippen LogP contribution is -2.05. The molecule has 92 valence electrons. The fraction of sp³-hybridized carbons (Fsp3) is 0.417. The maximum absolute atomic E-state index is 13.5. The molecule has 0 aliphatic heterocycles. The topological polar surface area (TPSA) is 43.8 Å². The SMILES string of the molecule is CC(C)CCn1c(N)nc2cc(Br)c(F)cc21. The van der Waals surface area contributed by atoms with Gasteiger partial charge in [-0.2, -0.15) is 0 Å². The van der Waals surface area contributed by atoms with Crippen molar-refractivity contribution in [2.75, 3.05) is 5.73 Å². The van der Waals surface area contributed by atoms with Crippen LogP contribution in [0.5, 0.6) is 0 Å². The molecule has 0 radical (unpaired) electrons. The molecule has 2 aromatic rings.